The summed E-state index contributed by atoms with van der Waals surface area (Å²) in [4.78, 5) is 15.4. The Kier molecular flexibility index (Phi) is 3.32. The highest BCUT2D eigenvalue weighted by molar-refractivity contribution is 5.77. The van der Waals surface area contributed by atoms with E-state index in [2.05, 4.69) is 15.6 Å². The molecule has 0 heterocycles. The van der Waals surface area contributed by atoms with Crippen LogP contribution in [0.5, 0.6) is 0 Å². The maximum atomic E-state index is 10.9. The third-order valence-electron chi connectivity index (χ3n) is 1.66. The second-order valence-corrected chi connectivity index (χ2v) is 2.77. The van der Waals surface area contributed by atoms with Crippen molar-refractivity contribution >= 4 is 5.91 Å². The van der Waals surface area contributed by atoms with E-state index < -0.39 is 0 Å². The molecule has 0 aromatic carbocycles. The van der Waals surface area contributed by atoms with Gasteiger partial charge in [0.25, 0.3) is 0 Å². The number of hydrogen-bond donors (Lipinski definition) is 2. The zero-order valence-corrected chi connectivity index (χ0v) is 6.72. The summed E-state index contributed by atoms with van der Waals surface area (Å²) in [5.74, 6) is 0.736. The van der Waals surface area contributed by atoms with Gasteiger partial charge in [-0.25, -0.2) is 0 Å². The molecule has 0 saturated heterocycles. The smallest absolute Gasteiger partial charge is 0.236 e. The summed E-state index contributed by atoms with van der Waals surface area (Å²) in [5.41, 5.74) is 2.48. The lowest BCUT2D eigenvalue weighted by molar-refractivity contribution is -0.122. The van der Waals surface area contributed by atoms with Gasteiger partial charge < -0.3 is 10.2 Å². The van der Waals surface area contributed by atoms with E-state index in [1.54, 1.807) is 0 Å². The van der Waals surface area contributed by atoms with E-state index in [1.165, 1.54) is 20.0 Å². The highest BCUT2D eigenvalue weighted by Gasteiger charge is 2.21. The highest BCUT2D eigenvalue weighted by atomic mass is 16.6. The van der Waals surface area contributed by atoms with E-state index in [-0.39, 0.29) is 12.5 Å². The second-order valence-electron chi connectivity index (χ2n) is 2.77. The number of amides is 1. The molecule has 0 unspecified atom stereocenters. The van der Waals surface area contributed by atoms with Gasteiger partial charge in [-0.3, -0.25) is 4.79 Å². The molecule has 1 aliphatic carbocycles. The summed E-state index contributed by atoms with van der Waals surface area (Å²) in [7, 11) is 1.49. The largest absolute Gasteiger partial charge is 0.355 e. The van der Waals surface area contributed by atoms with Gasteiger partial charge in [0, 0.05) is 6.54 Å². The van der Waals surface area contributed by atoms with Crippen molar-refractivity contribution in [3.8, 4) is 0 Å². The van der Waals surface area contributed by atoms with Crippen LogP contribution in [0, 0.1) is 5.92 Å². The second kappa shape index (κ2) is 4.31. The minimum absolute atomic E-state index is 0.00116. The van der Waals surface area contributed by atoms with Crippen molar-refractivity contribution in [2.24, 2.45) is 5.92 Å². The zero-order chi connectivity index (χ0) is 8.10. The predicted molar refractivity (Wildman–Crippen MR) is 40.7 cm³/mol. The molecule has 0 spiro atoms. The first-order chi connectivity index (χ1) is 5.33. The average molecular weight is 158 g/mol. The Labute approximate surface area is 66.3 Å². The van der Waals surface area contributed by atoms with Gasteiger partial charge in [0.2, 0.25) is 5.91 Å². The SMILES string of the molecule is CONCC(=O)NCC1CC1. The monoisotopic (exact) mass is 158 g/mol. The Bertz CT molecular complexity index is 134. The minimum atomic E-state index is -0.00116. The van der Waals surface area contributed by atoms with Crippen molar-refractivity contribution in [2.75, 3.05) is 20.2 Å². The normalized spacial score (nSPS) is 16.5. The number of nitrogens with one attached hydrogen (secondary N) is 2. The van der Waals surface area contributed by atoms with Crippen LogP contribution in [0.25, 0.3) is 0 Å². The Hall–Kier alpha value is -0.610. The van der Waals surface area contributed by atoms with Crippen molar-refractivity contribution in [1.29, 1.82) is 0 Å². The quantitative estimate of drug-likeness (QED) is 0.538. The van der Waals surface area contributed by atoms with Gasteiger partial charge in [-0.05, 0) is 18.8 Å². The van der Waals surface area contributed by atoms with Gasteiger partial charge in [-0.1, -0.05) is 0 Å². The maximum absolute atomic E-state index is 10.9. The number of hydrogen-bond acceptors (Lipinski definition) is 3. The molecule has 1 amide bonds. The molecule has 2 N–H and O–H groups in total. The van der Waals surface area contributed by atoms with Crippen LogP contribution in [0.3, 0.4) is 0 Å². The summed E-state index contributed by atoms with van der Waals surface area (Å²) in [6.45, 7) is 1.06. The molecule has 1 saturated carbocycles. The lowest BCUT2D eigenvalue weighted by Gasteiger charge is -2.03. The van der Waals surface area contributed by atoms with E-state index in [1.807, 2.05) is 0 Å². The Morgan fingerprint density at radius 3 is 2.91 bits per heavy atom. The molecule has 4 nitrogen and oxygen atoms in total. The van der Waals surface area contributed by atoms with Crippen molar-refractivity contribution < 1.29 is 9.63 Å². The molecular formula is C7H14N2O2. The number of carbonyl (C=O) groups is 1. The van der Waals surface area contributed by atoms with Gasteiger partial charge in [-0.2, -0.15) is 5.48 Å². The fourth-order valence-corrected chi connectivity index (χ4v) is 0.780. The van der Waals surface area contributed by atoms with Crippen molar-refractivity contribution in [3.05, 3.63) is 0 Å². The van der Waals surface area contributed by atoms with E-state index >= 15 is 0 Å². The Balaban J connectivity index is 1.91. The number of carbonyl (C=O) groups excluding carboxylic acids is 1. The lowest BCUT2D eigenvalue weighted by Crippen LogP contribution is -2.34. The van der Waals surface area contributed by atoms with Gasteiger partial charge >= 0.3 is 0 Å². The summed E-state index contributed by atoms with van der Waals surface area (Å²) in [5, 5.41) is 2.80. The van der Waals surface area contributed by atoms with Crippen LogP contribution in [0.4, 0.5) is 0 Å². The summed E-state index contributed by atoms with van der Waals surface area (Å²) in [6, 6.07) is 0. The van der Waals surface area contributed by atoms with Crippen molar-refractivity contribution in [2.45, 2.75) is 12.8 Å². The molecule has 4 heteroatoms. The molecule has 0 bridgehead atoms. The molecule has 0 aromatic heterocycles. The maximum Gasteiger partial charge on any atom is 0.236 e. The molecule has 11 heavy (non-hydrogen) atoms. The van der Waals surface area contributed by atoms with Crippen LogP contribution >= 0.6 is 0 Å². The summed E-state index contributed by atoms with van der Waals surface area (Å²) < 4.78 is 0. The third-order valence-corrected chi connectivity index (χ3v) is 1.66. The topological polar surface area (TPSA) is 50.4 Å². The van der Waals surface area contributed by atoms with Crippen LogP contribution in [0.2, 0.25) is 0 Å². The average Bonchev–Trinajstić information content (AvgIpc) is 2.80. The Morgan fingerprint density at radius 1 is 1.64 bits per heavy atom. The molecule has 1 fully saturated rings. The molecule has 1 rings (SSSR count). The van der Waals surface area contributed by atoms with Crippen LogP contribution in [-0.4, -0.2) is 26.1 Å². The molecular weight excluding hydrogens is 144 g/mol. The van der Waals surface area contributed by atoms with Gasteiger partial charge in [0.15, 0.2) is 0 Å². The Morgan fingerprint density at radius 2 is 2.36 bits per heavy atom. The van der Waals surface area contributed by atoms with Crippen molar-refractivity contribution in [1.82, 2.24) is 10.8 Å². The first-order valence-corrected chi connectivity index (χ1v) is 3.85. The first-order valence-electron chi connectivity index (χ1n) is 3.85. The number of rotatable bonds is 5. The number of hydroxylamine groups is 1. The standard InChI is InChI=1S/C7H14N2O2/c1-11-9-5-7(10)8-4-6-2-3-6/h6,9H,2-5H2,1H3,(H,8,10). The van der Waals surface area contributed by atoms with E-state index in [4.69, 9.17) is 0 Å². The predicted octanol–water partition coefficient (Wildman–Crippen LogP) is -0.336. The van der Waals surface area contributed by atoms with Crippen LogP contribution < -0.4 is 10.8 Å². The molecule has 0 atom stereocenters. The molecule has 0 radical (unpaired) electrons. The van der Waals surface area contributed by atoms with Gasteiger partial charge in [0.05, 0.1) is 13.7 Å². The highest BCUT2D eigenvalue weighted by Crippen LogP contribution is 2.27. The third kappa shape index (κ3) is 3.95. The van der Waals surface area contributed by atoms with E-state index in [0.717, 1.165) is 12.5 Å². The first kappa shape index (κ1) is 8.49. The van der Waals surface area contributed by atoms with Gasteiger partial charge in [-0.15, -0.1) is 0 Å². The molecule has 1 aliphatic rings. The van der Waals surface area contributed by atoms with Crippen LogP contribution in [0.1, 0.15) is 12.8 Å². The minimum Gasteiger partial charge on any atom is -0.355 e. The van der Waals surface area contributed by atoms with E-state index in [0.29, 0.717) is 0 Å². The van der Waals surface area contributed by atoms with Crippen molar-refractivity contribution in [3.63, 3.8) is 0 Å². The summed E-state index contributed by atoms with van der Waals surface area (Å²) >= 11 is 0. The molecule has 0 aliphatic heterocycles. The summed E-state index contributed by atoms with van der Waals surface area (Å²) in [6.07, 6.45) is 2.52. The van der Waals surface area contributed by atoms with Gasteiger partial charge in [0.1, 0.15) is 0 Å². The fraction of sp³-hybridized carbons (Fsp3) is 0.857. The van der Waals surface area contributed by atoms with E-state index in [9.17, 15) is 4.79 Å². The molecule has 64 valence electrons. The molecule has 0 aromatic rings. The van der Waals surface area contributed by atoms with Crippen LogP contribution in [-0.2, 0) is 9.63 Å². The lowest BCUT2D eigenvalue weighted by atomic mass is 10.4. The fourth-order valence-electron chi connectivity index (χ4n) is 0.780. The zero-order valence-electron chi connectivity index (χ0n) is 6.72. The van der Waals surface area contributed by atoms with Crippen LogP contribution in [0.15, 0.2) is 0 Å².